The molecule has 0 radical (unpaired) electrons. The Bertz CT molecular complexity index is 1420. The van der Waals surface area contributed by atoms with Gasteiger partial charge in [0.2, 0.25) is 11.8 Å². The molecule has 0 fully saturated rings. The van der Waals surface area contributed by atoms with Gasteiger partial charge in [-0.1, -0.05) is 61.3 Å². The number of carbonyl (C=O) groups excluding carboxylic acids is 2. The van der Waals surface area contributed by atoms with Gasteiger partial charge in [0.25, 0.3) is 10.0 Å². The van der Waals surface area contributed by atoms with Crippen molar-refractivity contribution in [3.63, 3.8) is 0 Å². The van der Waals surface area contributed by atoms with Crippen LogP contribution in [0, 0.1) is 3.57 Å². The minimum Gasteiger partial charge on any atom is -0.352 e. The van der Waals surface area contributed by atoms with Gasteiger partial charge in [0.1, 0.15) is 12.6 Å². The van der Waals surface area contributed by atoms with Crippen LogP contribution in [-0.2, 0) is 26.2 Å². The molecule has 0 aliphatic carbocycles. The summed E-state index contributed by atoms with van der Waals surface area (Å²) in [6.45, 7) is 5.19. The quantitative estimate of drug-likeness (QED) is 0.217. The SMILES string of the molecule is CC[C@@H](C)NC(=O)[C@@H](CC)N(Cc1ccc(Cl)c(Cl)c1)C(=O)CN(c1ccc(I)cc1)S(=O)(=O)c1ccccc1. The van der Waals surface area contributed by atoms with Crippen LogP contribution in [0.3, 0.4) is 0 Å². The van der Waals surface area contributed by atoms with Gasteiger partial charge in [-0.2, -0.15) is 0 Å². The number of amides is 2. The summed E-state index contributed by atoms with van der Waals surface area (Å²) in [7, 11) is -4.11. The van der Waals surface area contributed by atoms with Crippen molar-refractivity contribution in [1.29, 1.82) is 0 Å². The first-order valence-corrected chi connectivity index (χ1v) is 16.1. The highest BCUT2D eigenvalue weighted by atomic mass is 127. The Hall–Kier alpha value is -2.34. The van der Waals surface area contributed by atoms with Gasteiger partial charge >= 0.3 is 0 Å². The number of hydrogen-bond acceptors (Lipinski definition) is 4. The second-order valence-corrected chi connectivity index (χ2v) is 13.2. The highest BCUT2D eigenvalue weighted by Crippen LogP contribution is 2.27. The van der Waals surface area contributed by atoms with Gasteiger partial charge in [-0.3, -0.25) is 13.9 Å². The van der Waals surface area contributed by atoms with E-state index in [4.69, 9.17) is 23.2 Å². The van der Waals surface area contributed by atoms with E-state index >= 15 is 0 Å². The number of benzene rings is 3. The van der Waals surface area contributed by atoms with Crippen LogP contribution >= 0.6 is 45.8 Å². The number of rotatable bonds is 12. The fourth-order valence-corrected chi connectivity index (χ4v) is 6.17. The number of hydrogen-bond donors (Lipinski definition) is 1. The van der Waals surface area contributed by atoms with Crippen molar-refractivity contribution in [2.75, 3.05) is 10.8 Å². The maximum absolute atomic E-state index is 14.1. The van der Waals surface area contributed by atoms with Crippen molar-refractivity contribution < 1.29 is 18.0 Å². The fraction of sp³-hybridized carbons (Fsp3) is 0.310. The molecule has 0 aromatic heterocycles. The molecule has 0 heterocycles. The van der Waals surface area contributed by atoms with Crippen molar-refractivity contribution >= 4 is 73.3 Å². The summed E-state index contributed by atoms with van der Waals surface area (Å²) in [6.07, 6.45) is 1.04. The van der Waals surface area contributed by atoms with Gasteiger partial charge < -0.3 is 10.2 Å². The molecular formula is C29H32Cl2IN3O4S. The standard InChI is InChI=1S/C29H32Cl2IN3O4S/c1-4-20(3)33-29(37)27(5-2)34(18-21-11-16-25(30)26(31)17-21)28(36)19-35(23-14-12-22(32)13-15-23)40(38,39)24-9-7-6-8-10-24/h6-17,20,27H,4-5,18-19H2,1-3H3,(H,33,37)/t20-,27-/m1/s1. The summed E-state index contributed by atoms with van der Waals surface area (Å²) in [5.74, 6) is -0.840. The number of nitrogens with zero attached hydrogens (tertiary/aromatic N) is 2. The van der Waals surface area contributed by atoms with Crippen LogP contribution in [0.4, 0.5) is 5.69 Å². The van der Waals surface area contributed by atoms with Crippen molar-refractivity contribution in [3.8, 4) is 0 Å². The molecule has 0 saturated heterocycles. The van der Waals surface area contributed by atoms with Gasteiger partial charge in [0.15, 0.2) is 0 Å². The molecule has 3 aromatic carbocycles. The van der Waals surface area contributed by atoms with Gasteiger partial charge in [-0.05, 0) is 96.5 Å². The predicted molar refractivity (Wildman–Crippen MR) is 169 cm³/mol. The van der Waals surface area contributed by atoms with E-state index in [9.17, 15) is 18.0 Å². The minimum atomic E-state index is -4.11. The van der Waals surface area contributed by atoms with Gasteiger partial charge in [0.05, 0.1) is 20.6 Å². The summed E-state index contributed by atoms with van der Waals surface area (Å²) in [5.41, 5.74) is 0.994. The molecule has 11 heteroatoms. The monoisotopic (exact) mass is 715 g/mol. The van der Waals surface area contributed by atoms with Crippen molar-refractivity contribution in [1.82, 2.24) is 10.2 Å². The average Bonchev–Trinajstić information content (AvgIpc) is 2.94. The lowest BCUT2D eigenvalue weighted by molar-refractivity contribution is -0.140. The summed E-state index contributed by atoms with van der Waals surface area (Å²) in [6, 6.07) is 18.9. The van der Waals surface area contributed by atoms with Crippen LogP contribution in [0.2, 0.25) is 10.0 Å². The first kappa shape index (κ1) is 32.2. The maximum Gasteiger partial charge on any atom is 0.264 e. The Morgan fingerprint density at radius 2 is 1.57 bits per heavy atom. The van der Waals surface area contributed by atoms with Gasteiger partial charge in [0, 0.05) is 16.2 Å². The third-order valence-electron chi connectivity index (χ3n) is 6.45. The Morgan fingerprint density at radius 1 is 0.925 bits per heavy atom. The first-order chi connectivity index (χ1) is 19.0. The highest BCUT2D eigenvalue weighted by Gasteiger charge is 2.34. The lowest BCUT2D eigenvalue weighted by Crippen LogP contribution is -2.53. The predicted octanol–water partition coefficient (Wildman–Crippen LogP) is 6.52. The van der Waals surface area contributed by atoms with Crippen LogP contribution in [0.1, 0.15) is 39.2 Å². The molecule has 214 valence electrons. The molecule has 2 atom stereocenters. The highest BCUT2D eigenvalue weighted by molar-refractivity contribution is 14.1. The largest absolute Gasteiger partial charge is 0.352 e. The van der Waals surface area contributed by atoms with Crippen LogP contribution in [0.25, 0.3) is 0 Å². The summed E-state index contributed by atoms with van der Waals surface area (Å²) in [5, 5.41) is 3.64. The van der Waals surface area contributed by atoms with E-state index in [1.54, 1.807) is 60.7 Å². The van der Waals surface area contributed by atoms with Crippen molar-refractivity contribution in [2.45, 2.75) is 57.1 Å². The zero-order chi connectivity index (χ0) is 29.4. The van der Waals surface area contributed by atoms with Crippen LogP contribution in [0.15, 0.2) is 77.7 Å². The van der Waals surface area contributed by atoms with E-state index in [-0.39, 0.29) is 23.4 Å². The number of sulfonamides is 1. The molecule has 3 rings (SSSR count). The van der Waals surface area contributed by atoms with E-state index in [0.717, 1.165) is 14.3 Å². The molecule has 7 nitrogen and oxygen atoms in total. The van der Waals surface area contributed by atoms with Crippen LogP contribution in [-0.4, -0.2) is 43.8 Å². The van der Waals surface area contributed by atoms with Gasteiger partial charge in [-0.15, -0.1) is 0 Å². The topological polar surface area (TPSA) is 86.8 Å². The number of anilines is 1. The zero-order valence-electron chi connectivity index (χ0n) is 22.5. The molecule has 0 aliphatic rings. The lowest BCUT2D eigenvalue weighted by Gasteiger charge is -2.33. The van der Waals surface area contributed by atoms with Crippen molar-refractivity contribution in [3.05, 3.63) is 92.0 Å². The Balaban J connectivity index is 2.06. The van der Waals surface area contributed by atoms with Crippen LogP contribution in [0.5, 0.6) is 0 Å². The maximum atomic E-state index is 14.1. The Morgan fingerprint density at radius 3 is 2.15 bits per heavy atom. The normalized spacial score (nSPS) is 12.8. The summed E-state index contributed by atoms with van der Waals surface area (Å²) >= 11 is 14.5. The van der Waals surface area contributed by atoms with E-state index in [1.807, 2.05) is 20.8 Å². The molecule has 0 spiro atoms. The Kier molecular flexibility index (Phi) is 11.7. The number of halogens is 3. The van der Waals surface area contributed by atoms with E-state index in [2.05, 4.69) is 27.9 Å². The number of nitrogens with one attached hydrogen (secondary N) is 1. The zero-order valence-corrected chi connectivity index (χ0v) is 27.0. The second-order valence-electron chi connectivity index (χ2n) is 9.31. The first-order valence-electron chi connectivity index (χ1n) is 12.8. The number of carbonyl (C=O) groups is 2. The van der Waals surface area contributed by atoms with E-state index in [1.165, 1.54) is 17.0 Å². The van der Waals surface area contributed by atoms with Gasteiger partial charge in [-0.25, -0.2) is 8.42 Å². The Labute approximate surface area is 260 Å². The molecular weight excluding hydrogens is 684 g/mol. The molecule has 3 aromatic rings. The lowest BCUT2D eigenvalue weighted by atomic mass is 10.1. The van der Waals surface area contributed by atoms with E-state index in [0.29, 0.717) is 27.7 Å². The summed E-state index contributed by atoms with van der Waals surface area (Å²) < 4.78 is 29.6. The van der Waals surface area contributed by atoms with E-state index < -0.39 is 28.5 Å². The van der Waals surface area contributed by atoms with Crippen LogP contribution < -0.4 is 9.62 Å². The summed E-state index contributed by atoms with van der Waals surface area (Å²) in [4.78, 5) is 28.9. The second kappa shape index (κ2) is 14.5. The molecule has 2 amide bonds. The fourth-order valence-electron chi connectivity index (χ4n) is 4.05. The molecule has 0 saturated carbocycles. The minimum absolute atomic E-state index is 0.0358. The smallest absolute Gasteiger partial charge is 0.264 e. The third kappa shape index (κ3) is 8.11. The molecule has 0 bridgehead atoms. The molecule has 0 aliphatic heterocycles. The average molecular weight is 716 g/mol. The molecule has 40 heavy (non-hydrogen) atoms. The van der Waals surface area contributed by atoms with Crippen molar-refractivity contribution in [2.24, 2.45) is 0 Å². The third-order valence-corrected chi connectivity index (χ3v) is 9.69. The molecule has 1 N–H and O–H groups in total. The molecule has 0 unspecified atom stereocenters.